The SMILES string of the molecule is CC(=O)c1csc(NC(=O)[C@@H]2SCCc3sccc32)n1. The van der Waals surface area contributed by atoms with Crippen LogP contribution in [0.5, 0.6) is 0 Å². The van der Waals surface area contributed by atoms with Gasteiger partial charge in [-0.1, -0.05) is 0 Å². The van der Waals surface area contributed by atoms with Crippen LogP contribution in [0.25, 0.3) is 0 Å². The summed E-state index contributed by atoms with van der Waals surface area (Å²) in [5, 5.41) is 6.84. The summed E-state index contributed by atoms with van der Waals surface area (Å²) in [6, 6.07) is 2.03. The number of aromatic nitrogens is 1. The molecule has 0 aliphatic carbocycles. The maximum Gasteiger partial charge on any atom is 0.243 e. The van der Waals surface area contributed by atoms with Gasteiger partial charge in [0.05, 0.1) is 0 Å². The van der Waals surface area contributed by atoms with Crippen LogP contribution in [0.15, 0.2) is 16.8 Å². The van der Waals surface area contributed by atoms with Gasteiger partial charge in [-0.15, -0.1) is 34.4 Å². The second-order valence-electron chi connectivity index (χ2n) is 4.38. The van der Waals surface area contributed by atoms with E-state index in [1.54, 1.807) is 28.5 Å². The monoisotopic (exact) mass is 324 g/mol. The van der Waals surface area contributed by atoms with E-state index in [-0.39, 0.29) is 16.9 Å². The molecule has 2 aromatic rings. The first-order valence-electron chi connectivity index (χ1n) is 6.10. The van der Waals surface area contributed by atoms with Crippen molar-refractivity contribution in [3.8, 4) is 0 Å². The fourth-order valence-corrected chi connectivity index (χ4v) is 5.07. The summed E-state index contributed by atoms with van der Waals surface area (Å²) >= 11 is 4.65. The second-order valence-corrected chi connectivity index (χ2v) is 7.46. The Hall–Kier alpha value is -1.18. The number of fused-ring (bicyclic) bond motifs is 1. The Morgan fingerprint density at radius 3 is 3.00 bits per heavy atom. The maximum absolute atomic E-state index is 12.4. The van der Waals surface area contributed by atoms with Crippen molar-refractivity contribution in [1.29, 1.82) is 0 Å². The minimum absolute atomic E-state index is 0.0567. The first kappa shape index (κ1) is 13.8. The molecule has 1 aliphatic rings. The number of thioether (sulfide) groups is 1. The summed E-state index contributed by atoms with van der Waals surface area (Å²) < 4.78 is 0. The van der Waals surface area contributed by atoms with Crippen molar-refractivity contribution in [1.82, 2.24) is 4.98 Å². The molecular formula is C13H12N2O2S3. The molecule has 3 rings (SSSR count). The van der Waals surface area contributed by atoms with E-state index in [2.05, 4.69) is 10.3 Å². The molecule has 2 aromatic heterocycles. The Morgan fingerprint density at radius 1 is 1.40 bits per heavy atom. The number of hydrogen-bond donors (Lipinski definition) is 1. The standard InChI is InChI=1S/C13H12N2O2S3/c1-7(16)9-6-20-13(14-9)15-12(17)11-8-2-4-18-10(8)3-5-19-11/h2,4,6,11H,3,5H2,1H3,(H,14,15,17)/t11-/m1/s1. The van der Waals surface area contributed by atoms with Gasteiger partial charge in [-0.2, -0.15) is 0 Å². The van der Waals surface area contributed by atoms with Crippen LogP contribution in [0, 0.1) is 0 Å². The number of carbonyl (C=O) groups is 2. The summed E-state index contributed by atoms with van der Waals surface area (Å²) in [6.45, 7) is 1.47. The molecule has 1 atom stereocenters. The second kappa shape index (κ2) is 5.67. The minimum atomic E-state index is -0.172. The van der Waals surface area contributed by atoms with E-state index in [0.29, 0.717) is 10.8 Å². The Bertz CT molecular complexity index is 662. The van der Waals surface area contributed by atoms with E-state index in [9.17, 15) is 9.59 Å². The van der Waals surface area contributed by atoms with Gasteiger partial charge in [0.1, 0.15) is 10.9 Å². The number of ketones is 1. The smallest absolute Gasteiger partial charge is 0.243 e. The highest BCUT2D eigenvalue weighted by molar-refractivity contribution is 8.00. The molecule has 0 saturated heterocycles. The predicted octanol–water partition coefficient (Wildman–Crippen LogP) is 3.38. The summed E-state index contributed by atoms with van der Waals surface area (Å²) in [7, 11) is 0. The van der Waals surface area contributed by atoms with Crippen molar-refractivity contribution < 1.29 is 9.59 Å². The minimum Gasteiger partial charge on any atom is -0.301 e. The molecule has 1 amide bonds. The summed E-state index contributed by atoms with van der Waals surface area (Å²) in [6.07, 6.45) is 1.03. The number of thiazole rings is 1. The van der Waals surface area contributed by atoms with Crippen molar-refractivity contribution in [3.05, 3.63) is 33.0 Å². The molecule has 0 spiro atoms. The zero-order valence-corrected chi connectivity index (χ0v) is 13.2. The van der Waals surface area contributed by atoms with Gasteiger partial charge in [-0.3, -0.25) is 9.59 Å². The number of amides is 1. The zero-order valence-electron chi connectivity index (χ0n) is 10.7. The number of hydrogen-bond acceptors (Lipinski definition) is 6. The highest BCUT2D eigenvalue weighted by Crippen LogP contribution is 2.40. The van der Waals surface area contributed by atoms with Crippen LogP contribution in [0.1, 0.15) is 33.1 Å². The van der Waals surface area contributed by atoms with E-state index < -0.39 is 0 Å². The first-order valence-corrected chi connectivity index (χ1v) is 8.91. The van der Waals surface area contributed by atoms with Crippen LogP contribution in [-0.4, -0.2) is 22.4 Å². The molecule has 4 nitrogen and oxygen atoms in total. The zero-order chi connectivity index (χ0) is 14.1. The van der Waals surface area contributed by atoms with Crippen LogP contribution in [0.3, 0.4) is 0 Å². The summed E-state index contributed by atoms with van der Waals surface area (Å²) in [5.41, 5.74) is 1.52. The fourth-order valence-electron chi connectivity index (χ4n) is 2.03. The van der Waals surface area contributed by atoms with Gasteiger partial charge in [-0.25, -0.2) is 4.98 Å². The largest absolute Gasteiger partial charge is 0.301 e. The Labute approximate surface area is 128 Å². The van der Waals surface area contributed by atoms with Gasteiger partial charge in [0.15, 0.2) is 10.9 Å². The highest BCUT2D eigenvalue weighted by atomic mass is 32.2. The van der Waals surface area contributed by atoms with Crippen LogP contribution < -0.4 is 5.32 Å². The molecule has 104 valence electrons. The number of anilines is 1. The molecule has 1 aliphatic heterocycles. The van der Waals surface area contributed by atoms with Crippen molar-refractivity contribution in [2.45, 2.75) is 18.6 Å². The molecule has 0 fully saturated rings. The number of nitrogens with one attached hydrogen (secondary N) is 1. The Balaban J connectivity index is 1.75. The van der Waals surface area contributed by atoms with Crippen molar-refractivity contribution in [3.63, 3.8) is 0 Å². The lowest BCUT2D eigenvalue weighted by molar-refractivity contribution is -0.115. The molecule has 0 bridgehead atoms. The number of carbonyl (C=O) groups excluding carboxylic acids is 2. The van der Waals surface area contributed by atoms with Gasteiger partial charge in [-0.05, 0) is 29.2 Å². The van der Waals surface area contributed by atoms with Crippen LogP contribution >= 0.6 is 34.4 Å². The predicted molar refractivity (Wildman–Crippen MR) is 84.0 cm³/mol. The Kier molecular flexibility index (Phi) is 3.91. The lowest BCUT2D eigenvalue weighted by Crippen LogP contribution is -2.22. The molecule has 0 saturated carbocycles. The summed E-state index contributed by atoms with van der Waals surface area (Å²) in [5.74, 6) is 0.815. The van der Waals surface area contributed by atoms with E-state index in [0.717, 1.165) is 17.7 Å². The molecule has 1 N–H and O–H groups in total. The number of Topliss-reactive ketones (excluding diaryl/α,β-unsaturated/α-hetero) is 1. The third kappa shape index (κ3) is 2.65. The quantitative estimate of drug-likeness (QED) is 0.879. The third-order valence-electron chi connectivity index (χ3n) is 3.01. The number of aryl methyl sites for hydroxylation is 1. The van der Waals surface area contributed by atoms with Crippen LogP contribution in [-0.2, 0) is 11.2 Å². The fraction of sp³-hybridized carbons (Fsp3) is 0.308. The van der Waals surface area contributed by atoms with E-state index in [1.165, 1.54) is 23.1 Å². The van der Waals surface area contributed by atoms with Crippen molar-refractivity contribution in [2.75, 3.05) is 11.1 Å². The number of rotatable bonds is 3. The van der Waals surface area contributed by atoms with E-state index in [4.69, 9.17) is 0 Å². The lowest BCUT2D eigenvalue weighted by atomic mass is 10.1. The van der Waals surface area contributed by atoms with Crippen molar-refractivity contribution in [2.24, 2.45) is 0 Å². The average Bonchev–Trinajstić information content (AvgIpc) is 3.05. The average molecular weight is 324 g/mol. The highest BCUT2D eigenvalue weighted by Gasteiger charge is 2.28. The van der Waals surface area contributed by atoms with E-state index >= 15 is 0 Å². The summed E-state index contributed by atoms with van der Waals surface area (Å²) in [4.78, 5) is 29.0. The number of nitrogens with zero attached hydrogens (tertiary/aromatic N) is 1. The van der Waals surface area contributed by atoms with E-state index in [1.807, 2.05) is 11.4 Å². The van der Waals surface area contributed by atoms with Gasteiger partial charge >= 0.3 is 0 Å². The maximum atomic E-state index is 12.4. The van der Waals surface area contributed by atoms with Gasteiger partial charge < -0.3 is 5.32 Å². The molecule has 0 unspecified atom stereocenters. The topological polar surface area (TPSA) is 59.1 Å². The molecule has 0 radical (unpaired) electrons. The third-order valence-corrected chi connectivity index (χ3v) is 6.00. The van der Waals surface area contributed by atoms with Crippen molar-refractivity contribution >= 4 is 51.3 Å². The molecule has 0 aromatic carbocycles. The molecule has 7 heteroatoms. The lowest BCUT2D eigenvalue weighted by Gasteiger charge is -2.20. The normalized spacial score (nSPS) is 17.6. The molecule has 20 heavy (non-hydrogen) atoms. The Morgan fingerprint density at radius 2 is 2.25 bits per heavy atom. The van der Waals surface area contributed by atoms with Crippen LogP contribution in [0.2, 0.25) is 0 Å². The molecule has 3 heterocycles. The van der Waals surface area contributed by atoms with Gasteiger partial charge in [0.25, 0.3) is 0 Å². The molecular weight excluding hydrogens is 312 g/mol. The van der Waals surface area contributed by atoms with Crippen LogP contribution in [0.4, 0.5) is 5.13 Å². The first-order chi connectivity index (χ1) is 9.65. The van der Waals surface area contributed by atoms with Gasteiger partial charge in [0.2, 0.25) is 5.91 Å². The van der Waals surface area contributed by atoms with Gasteiger partial charge in [0, 0.05) is 17.2 Å². The number of thiophene rings is 1.